The fourth-order valence-corrected chi connectivity index (χ4v) is 3.29. The summed E-state index contributed by atoms with van der Waals surface area (Å²) in [7, 11) is 0. The number of nitrogens with zero attached hydrogens (tertiary/aromatic N) is 1. The molecule has 0 radical (unpaired) electrons. The number of phenols is 2. The minimum absolute atomic E-state index is 0.188. The van der Waals surface area contributed by atoms with Crippen molar-refractivity contribution >= 4 is 41.1 Å². The van der Waals surface area contributed by atoms with Crippen LogP contribution in [0.25, 0.3) is 6.08 Å². The number of benzene rings is 2. The molecule has 0 saturated carbocycles. The number of rotatable bonds is 5. The van der Waals surface area contributed by atoms with Gasteiger partial charge in [0.25, 0.3) is 5.91 Å². The number of imide groups is 1. The number of hydrogen-bond donors (Lipinski definition) is 2. The Morgan fingerprint density at radius 2 is 1.93 bits per heavy atom. The normalized spacial score (nSPS) is 15.6. The predicted octanol–water partition coefficient (Wildman–Crippen LogP) is 3.37. The molecule has 7 nitrogen and oxygen atoms in total. The molecule has 1 unspecified atom stereocenters. The van der Waals surface area contributed by atoms with E-state index in [2.05, 4.69) is 0 Å². The third-order valence-corrected chi connectivity index (χ3v) is 4.67. The van der Waals surface area contributed by atoms with E-state index in [0.29, 0.717) is 21.8 Å². The highest BCUT2D eigenvalue weighted by Gasteiger charge is 2.41. The fourth-order valence-electron chi connectivity index (χ4n) is 3.11. The predicted molar refractivity (Wildman–Crippen MR) is 107 cm³/mol. The molecule has 1 aliphatic heterocycles. The molecule has 1 aliphatic rings. The maximum Gasteiger partial charge on any atom is 0.306 e. The van der Waals surface area contributed by atoms with Crippen molar-refractivity contribution in [2.24, 2.45) is 0 Å². The highest BCUT2D eigenvalue weighted by atomic mass is 35.5. The number of esters is 1. The molecule has 8 heteroatoms. The molecule has 0 saturated heterocycles. The smallest absolute Gasteiger partial charge is 0.306 e. The van der Waals surface area contributed by atoms with Crippen molar-refractivity contribution in [2.75, 3.05) is 11.5 Å². The molecule has 2 N–H and O–H groups in total. The zero-order valence-corrected chi connectivity index (χ0v) is 16.2. The van der Waals surface area contributed by atoms with E-state index in [0.717, 1.165) is 4.90 Å². The summed E-state index contributed by atoms with van der Waals surface area (Å²) in [5, 5.41) is 19.3. The highest BCUT2D eigenvalue weighted by molar-refractivity contribution is 6.31. The molecule has 29 heavy (non-hydrogen) atoms. The average Bonchev–Trinajstić information content (AvgIpc) is 2.94. The first-order valence-electron chi connectivity index (χ1n) is 8.85. The van der Waals surface area contributed by atoms with E-state index in [9.17, 15) is 24.6 Å². The lowest BCUT2D eigenvalue weighted by molar-refractivity contribution is -0.145. The van der Waals surface area contributed by atoms with Gasteiger partial charge in [-0.25, -0.2) is 4.90 Å². The lowest BCUT2D eigenvalue weighted by Gasteiger charge is -2.14. The van der Waals surface area contributed by atoms with Gasteiger partial charge < -0.3 is 14.9 Å². The molecule has 1 atom stereocenters. The monoisotopic (exact) mass is 415 g/mol. The van der Waals surface area contributed by atoms with Crippen molar-refractivity contribution in [1.82, 2.24) is 0 Å². The molecular formula is C21H18ClNO6. The summed E-state index contributed by atoms with van der Waals surface area (Å²) in [6, 6.07) is 8.74. The van der Waals surface area contributed by atoms with Crippen molar-refractivity contribution in [3.63, 3.8) is 0 Å². The van der Waals surface area contributed by atoms with Crippen LogP contribution in [0.5, 0.6) is 11.5 Å². The molecule has 0 aromatic heterocycles. The molecule has 0 bridgehead atoms. The lowest BCUT2D eigenvalue weighted by Crippen LogP contribution is -2.34. The molecule has 3 rings (SSSR count). The largest absolute Gasteiger partial charge is 0.504 e. The van der Waals surface area contributed by atoms with Gasteiger partial charge in [0, 0.05) is 11.1 Å². The number of hydrogen-bond acceptors (Lipinski definition) is 6. The summed E-state index contributed by atoms with van der Waals surface area (Å²) < 4.78 is 4.93. The van der Waals surface area contributed by atoms with Crippen LogP contribution < -0.4 is 4.90 Å². The maximum absolute atomic E-state index is 12.9. The average molecular weight is 416 g/mol. The molecular weight excluding hydrogens is 398 g/mol. The topological polar surface area (TPSA) is 104 Å². The fraction of sp³-hybridized carbons (Fsp3) is 0.190. The Balaban J connectivity index is 1.89. The van der Waals surface area contributed by atoms with E-state index < -0.39 is 23.7 Å². The summed E-state index contributed by atoms with van der Waals surface area (Å²) in [6.45, 7) is 1.86. The summed E-state index contributed by atoms with van der Waals surface area (Å²) in [5.41, 5.74) is 1.30. The number of aromatic hydroxyl groups is 2. The zero-order chi connectivity index (χ0) is 21.1. The Hall–Kier alpha value is -3.32. The van der Waals surface area contributed by atoms with Gasteiger partial charge in [0.05, 0.1) is 24.6 Å². The molecule has 2 amide bonds. The highest BCUT2D eigenvalue weighted by Crippen LogP contribution is 2.41. The van der Waals surface area contributed by atoms with Crippen LogP contribution in [0.1, 0.15) is 30.4 Å². The zero-order valence-electron chi connectivity index (χ0n) is 15.5. The van der Waals surface area contributed by atoms with E-state index in [4.69, 9.17) is 16.3 Å². The summed E-state index contributed by atoms with van der Waals surface area (Å²) in [5.74, 6) is -3.17. The molecule has 0 fully saturated rings. The van der Waals surface area contributed by atoms with Crippen molar-refractivity contribution < 1.29 is 29.3 Å². The number of halogens is 1. The standard InChI is InChI=1S/C21H18ClNO6/c1-2-29-20(27)11-15-14-10-13(22)5-6-16(14)23(21(15)28)19(26)8-4-12-3-7-17(24)18(25)9-12/h3-10,15,24-25H,2,11H2,1H3. The van der Waals surface area contributed by atoms with Gasteiger partial charge in [-0.2, -0.15) is 0 Å². The van der Waals surface area contributed by atoms with Gasteiger partial charge in [-0.05, 0) is 54.5 Å². The number of anilines is 1. The Kier molecular flexibility index (Phi) is 5.89. The third kappa shape index (κ3) is 4.25. The van der Waals surface area contributed by atoms with Gasteiger partial charge in [0.1, 0.15) is 0 Å². The number of carbonyl (C=O) groups excluding carboxylic acids is 3. The third-order valence-electron chi connectivity index (χ3n) is 4.44. The summed E-state index contributed by atoms with van der Waals surface area (Å²) >= 11 is 6.04. The second kappa shape index (κ2) is 8.36. The number of carbonyl (C=O) groups is 3. The van der Waals surface area contributed by atoms with E-state index in [1.54, 1.807) is 25.1 Å². The molecule has 150 valence electrons. The maximum atomic E-state index is 12.9. The molecule has 0 aliphatic carbocycles. The van der Waals surface area contributed by atoms with Crippen LogP contribution in [0.2, 0.25) is 5.02 Å². The Morgan fingerprint density at radius 1 is 1.17 bits per heavy atom. The minimum Gasteiger partial charge on any atom is -0.504 e. The van der Waals surface area contributed by atoms with Gasteiger partial charge in [0.15, 0.2) is 11.5 Å². The summed E-state index contributed by atoms with van der Waals surface area (Å²) in [6.07, 6.45) is 2.39. The van der Waals surface area contributed by atoms with Crippen LogP contribution in [0, 0.1) is 0 Å². The van der Waals surface area contributed by atoms with Crippen LogP contribution in [-0.2, 0) is 19.1 Å². The molecule has 1 heterocycles. The molecule has 2 aromatic rings. The van der Waals surface area contributed by atoms with Gasteiger partial charge in [0.2, 0.25) is 5.91 Å². The van der Waals surface area contributed by atoms with Crippen LogP contribution in [0.15, 0.2) is 42.5 Å². The van der Waals surface area contributed by atoms with Crippen molar-refractivity contribution in [2.45, 2.75) is 19.3 Å². The minimum atomic E-state index is -0.863. The first kappa shape index (κ1) is 20.4. The van der Waals surface area contributed by atoms with Gasteiger partial charge in [-0.3, -0.25) is 14.4 Å². The van der Waals surface area contributed by atoms with Gasteiger partial charge in [-0.1, -0.05) is 17.7 Å². The van der Waals surface area contributed by atoms with Crippen LogP contribution in [-0.4, -0.2) is 34.6 Å². The van der Waals surface area contributed by atoms with E-state index >= 15 is 0 Å². The van der Waals surface area contributed by atoms with Gasteiger partial charge in [-0.15, -0.1) is 0 Å². The second-order valence-corrected chi connectivity index (χ2v) is 6.79. The van der Waals surface area contributed by atoms with Crippen molar-refractivity contribution in [3.8, 4) is 11.5 Å². The Morgan fingerprint density at radius 3 is 2.62 bits per heavy atom. The summed E-state index contributed by atoms with van der Waals surface area (Å²) in [4.78, 5) is 38.6. The van der Waals surface area contributed by atoms with E-state index in [1.807, 2.05) is 0 Å². The molecule has 0 spiro atoms. The Bertz CT molecular complexity index is 1020. The van der Waals surface area contributed by atoms with E-state index in [1.165, 1.54) is 30.4 Å². The Labute approximate surface area is 171 Å². The van der Waals surface area contributed by atoms with Gasteiger partial charge >= 0.3 is 5.97 Å². The molecule has 2 aromatic carbocycles. The first-order chi connectivity index (χ1) is 13.8. The number of fused-ring (bicyclic) bond motifs is 1. The quantitative estimate of drug-likeness (QED) is 0.440. The van der Waals surface area contributed by atoms with E-state index in [-0.39, 0.29) is 24.5 Å². The number of ether oxygens (including phenoxy) is 1. The second-order valence-electron chi connectivity index (χ2n) is 6.36. The number of phenolic OH excluding ortho intramolecular Hbond substituents is 2. The van der Waals surface area contributed by atoms with Crippen molar-refractivity contribution in [3.05, 3.63) is 58.6 Å². The van der Waals surface area contributed by atoms with Crippen LogP contribution in [0.4, 0.5) is 5.69 Å². The number of amides is 2. The first-order valence-corrected chi connectivity index (χ1v) is 9.22. The SMILES string of the molecule is CCOC(=O)CC1C(=O)N(C(=O)C=Cc2ccc(O)c(O)c2)c2ccc(Cl)cc21. The van der Waals surface area contributed by atoms with Crippen LogP contribution in [0.3, 0.4) is 0 Å². The lowest BCUT2D eigenvalue weighted by atomic mass is 9.97. The van der Waals surface area contributed by atoms with Crippen molar-refractivity contribution in [1.29, 1.82) is 0 Å². The van der Waals surface area contributed by atoms with Crippen LogP contribution >= 0.6 is 11.6 Å².